The van der Waals surface area contributed by atoms with Crippen LogP contribution in [-0.4, -0.2) is 45.0 Å². The second-order valence-corrected chi connectivity index (χ2v) is 9.91. The Morgan fingerprint density at radius 1 is 1.22 bits per heavy atom. The number of rotatable bonds is 7. The van der Waals surface area contributed by atoms with Crippen LogP contribution in [-0.2, 0) is 6.54 Å². The van der Waals surface area contributed by atoms with E-state index >= 15 is 0 Å². The fourth-order valence-electron chi connectivity index (χ4n) is 4.97. The van der Waals surface area contributed by atoms with E-state index in [1.807, 2.05) is 49.1 Å². The average molecular weight is 517 g/mol. The van der Waals surface area contributed by atoms with Crippen LogP contribution in [0.1, 0.15) is 46.8 Å². The summed E-state index contributed by atoms with van der Waals surface area (Å²) in [5.74, 6) is -0.0382. The van der Waals surface area contributed by atoms with Gasteiger partial charge in [-0.15, -0.1) is 5.10 Å². The molecule has 0 spiro atoms. The van der Waals surface area contributed by atoms with Crippen molar-refractivity contribution in [3.05, 3.63) is 106 Å². The number of aryl methyl sites for hydroxylation is 1. The van der Waals surface area contributed by atoms with E-state index in [9.17, 15) is 4.39 Å². The van der Waals surface area contributed by atoms with Crippen molar-refractivity contribution in [2.75, 3.05) is 25.5 Å². The van der Waals surface area contributed by atoms with Crippen molar-refractivity contribution in [1.82, 2.24) is 24.9 Å². The van der Waals surface area contributed by atoms with Crippen molar-refractivity contribution in [1.29, 1.82) is 0 Å². The minimum Gasteiger partial charge on any atom is -0.388 e. The summed E-state index contributed by atoms with van der Waals surface area (Å²) in [4.78, 5) is 6.55. The Balaban J connectivity index is 1.36. The van der Waals surface area contributed by atoms with Crippen molar-refractivity contribution < 1.29 is 4.39 Å². The number of aromatic nitrogens is 4. The Labute approximate surface area is 221 Å². The van der Waals surface area contributed by atoms with Gasteiger partial charge in [0.1, 0.15) is 5.82 Å². The van der Waals surface area contributed by atoms with Crippen molar-refractivity contribution >= 4 is 22.9 Å². The van der Waals surface area contributed by atoms with E-state index in [2.05, 4.69) is 38.2 Å². The number of pyridine rings is 1. The molecule has 8 heteroatoms. The van der Waals surface area contributed by atoms with Crippen LogP contribution in [0.5, 0.6) is 0 Å². The van der Waals surface area contributed by atoms with Gasteiger partial charge in [-0.2, -0.15) is 0 Å². The molecule has 4 aromatic rings. The predicted octanol–water partition coefficient (Wildman–Crippen LogP) is 6.25. The van der Waals surface area contributed by atoms with Gasteiger partial charge in [0.25, 0.3) is 0 Å². The van der Waals surface area contributed by atoms with E-state index in [-0.39, 0.29) is 11.7 Å². The van der Waals surface area contributed by atoms with Crippen molar-refractivity contribution in [3.63, 3.8) is 0 Å². The van der Waals surface area contributed by atoms with Gasteiger partial charge in [-0.3, -0.25) is 9.88 Å². The van der Waals surface area contributed by atoms with Gasteiger partial charge >= 0.3 is 0 Å². The lowest BCUT2D eigenvalue weighted by molar-refractivity contribution is 0.196. The molecule has 2 aromatic carbocycles. The molecular formula is C29H30ClFN6. The summed E-state index contributed by atoms with van der Waals surface area (Å²) in [5.41, 5.74) is 7.25. The fourth-order valence-corrected chi connectivity index (χ4v) is 5.19. The number of piperidine rings is 1. The molecule has 1 N–H and O–H groups in total. The van der Waals surface area contributed by atoms with Crippen molar-refractivity contribution in [3.8, 4) is 5.69 Å². The van der Waals surface area contributed by atoms with Gasteiger partial charge in [0.2, 0.25) is 0 Å². The third kappa shape index (κ3) is 5.43. The maximum atomic E-state index is 14.3. The summed E-state index contributed by atoms with van der Waals surface area (Å²) < 4.78 is 16.2. The highest BCUT2D eigenvalue weighted by molar-refractivity contribution is 6.31. The van der Waals surface area contributed by atoms with Crippen LogP contribution in [0, 0.1) is 12.7 Å². The average Bonchev–Trinajstić information content (AvgIpc) is 3.41. The predicted molar refractivity (Wildman–Crippen MR) is 147 cm³/mol. The summed E-state index contributed by atoms with van der Waals surface area (Å²) in [6, 6.07) is 15.0. The second-order valence-electron chi connectivity index (χ2n) is 9.51. The fraction of sp³-hybridized carbons (Fsp3) is 0.276. The molecule has 1 aliphatic heterocycles. The van der Waals surface area contributed by atoms with Gasteiger partial charge in [0.05, 0.1) is 17.6 Å². The number of hydrogen-bond acceptors (Lipinski definition) is 5. The number of nitrogens with one attached hydrogen (secondary N) is 1. The number of halogens is 2. The highest BCUT2D eigenvalue weighted by Crippen LogP contribution is 2.32. The van der Waals surface area contributed by atoms with Gasteiger partial charge in [-0.05, 0) is 79.9 Å². The summed E-state index contributed by atoms with van der Waals surface area (Å²) in [5, 5.41) is 12.7. The Kier molecular flexibility index (Phi) is 7.35. The molecule has 0 amide bonds. The monoisotopic (exact) mass is 516 g/mol. The number of likely N-dealkylation sites (tertiary alicyclic amines) is 1. The normalized spacial score (nSPS) is 16.1. The third-order valence-corrected chi connectivity index (χ3v) is 7.34. The van der Waals surface area contributed by atoms with Gasteiger partial charge in [-0.25, -0.2) is 9.07 Å². The highest BCUT2D eigenvalue weighted by atomic mass is 35.5. The molecule has 0 radical (unpaired) electrons. The van der Waals surface area contributed by atoms with Crippen LogP contribution in [0.15, 0.2) is 67.5 Å². The van der Waals surface area contributed by atoms with Gasteiger partial charge in [0, 0.05) is 59.8 Å². The maximum absolute atomic E-state index is 14.3. The molecule has 1 fully saturated rings. The number of benzene rings is 2. The molecule has 190 valence electrons. The summed E-state index contributed by atoms with van der Waals surface area (Å²) in [7, 11) is 1.90. The molecule has 37 heavy (non-hydrogen) atoms. The first-order valence-corrected chi connectivity index (χ1v) is 12.8. The first-order valence-electron chi connectivity index (χ1n) is 12.4. The van der Waals surface area contributed by atoms with E-state index in [0.29, 0.717) is 17.1 Å². The molecule has 1 atom stereocenters. The van der Waals surface area contributed by atoms with E-state index < -0.39 is 0 Å². The molecule has 2 aromatic heterocycles. The standard InChI is InChI=1S/C29H30ClFN6/c1-19-14-21(11-12-33-19)20(2)24-15-23(9-10-28(24)32-3)37-18-29(34-35-37)22-6-5-13-36(16-22)17-25-26(30)7-4-8-27(25)31/h4,7-12,14-15,18,22,32H,2,5-6,13,16-17H2,1,3H3/t22-/m1/s1. The van der Waals surface area contributed by atoms with E-state index in [4.69, 9.17) is 11.6 Å². The minimum atomic E-state index is -0.259. The first kappa shape index (κ1) is 25.1. The molecule has 6 nitrogen and oxygen atoms in total. The van der Waals surface area contributed by atoms with Crippen LogP contribution >= 0.6 is 11.6 Å². The van der Waals surface area contributed by atoms with Gasteiger partial charge in [-0.1, -0.05) is 29.5 Å². The molecule has 0 unspecified atom stereocenters. The summed E-state index contributed by atoms with van der Waals surface area (Å²) in [6.07, 6.45) is 5.83. The van der Waals surface area contributed by atoms with Crippen LogP contribution in [0.25, 0.3) is 11.3 Å². The van der Waals surface area contributed by atoms with Gasteiger partial charge < -0.3 is 5.32 Å². The number of nitrogens with zero attached hydrogens (tertiary/aromatic N) is 5. The number of anilines is 1. The molecule has 0 bridgehead atoms. The van der Waals surface area contributed by atoms with Crippen LogP contribution in [0.2, 0.25) is 5.02 Å². The molecule has 1 saturated heterocycles. The lowest BCUT2D eigenvalue weighted by Gasteiger charge is -2.32. The zero-order valence-corrected chi connectivity index (χ0v) is 21.8. The van der Waals surface area contributed by atoms with Crippen LogP contribution in [0.3, 0.4) is 0 Å². The molecule has 0 saturated carbocycles. The molecule has 5 rings (SSSR count). The zero-order chi connectivity index (χ0) is 25.9. The Morgan fingerprint density at radius 3 is 2.86 bits per heavy atom. The van der Waals surface area contributed by atoms with E-state index in [1.165, 1.54) is 6.07 Å². The first-order chi connectivity index (χ1) is 17.9. The van der Waals surface area contributed by atoms with E-state index in [0.717, 1.165) is 65.4 Å². The smallest absolute Gasteiger partial charge is 0.129 e. The van der Waals surface area contributed by atoms with Crippen LogP contribution < -0.4 is 5.32 Å². The lowest BCUT2D eigenvalue weighted by atomic mass is 9.95. The highest BCUT2D eigenvalue weighted by Gasteiger charge is 2.25. The lowest BCUT2D eigenvalue weighted by Crippen LogP contribution is -2.34. The summed E-state index contributed by atoms with van der Waals surface area (Å²) in [6.45, 7) is 8.51. The molecular weight excluding hydrogens is 487 g/mol. The topological polar surface area (TPSA) is 58.9 Å². The number of hydrogen-bond donors (Lipinski definition) is 1. The van der Waals surface area contributed by atoms with Crippen molar-refractivity contribution in [2.24, 2.45) is 0 Å². The minimum absolute atomic E-state index is 0.221. The molecule has 1 aliphatic rings. The molecule has 0 aliphatic carbocycles. The molecule has 3 heterocycles. The Morgan fingerprint density at radius 2 is 2.08 bits per heavy atom. The van der Waals surface area contributed by atoms with Gasteiger partial charge in [0.15, 0.2) is 0 Å². The second kappa shape index (κ2) is 10.8. The quantitative estimate of drug-likeness (QED) is 0.315. The third-order valence-electron chi connectivity index (χ3n) is 6.99. The van der Waals surface area contributed by atoms with Crippen molar-refractivity contribution in [2.45, 2.75) is 32.2 Å². The maximum Gasteiger partial charge on any atom is 0.129 e. The van der Waals surface area contributed by atoms with Crippen LogP contribution in [0.4, 0.5) is 10.1 Å². The largest absolute Gasteiger partial charge is 0.388 e. The Bertz CT molecular complexity index is 1410. The zero-order valence-electron chi connectivity index (χ0n) is 21.1. The Hall–Kier alpha value is -3.55. The SMILES string of the molecule is C=C(c1ccnc(C)c1)c1cc(-n2cc([C@@H]3CCCN(Cc4c(F)cccc4Cl)C3)nn2)ccc1NC. The summed E-state index contributed by atoms with van der Waals surface area (Å²) >= 11 is 6.27. The van der Waals surface area contributed by atoms with E-state index in [1.54, 1.807) is 18.3 Å².